The molecule has 2 aromatic rings. The number of H-pyrrole nitrogens is 2. The molecule has 0 saturated carbocycles. The molecular formula is C9H7FIN3S. The van der Waals surface area contributed by atoms with E-state index >= 15 is 0 Å². The first-order valence-electron chi connectivity index (χ1n) is 4.18. The van der Waals surface area contributed by atoms with E-state index in [2.05, 4.69) is 37.8 Å². The fourth-order valence-corrected chi connectivity index (χ4v) is 1.83. The van der Waals surface area contributed by atoms with Crippen LogP contribution in [0.3, 0.4) is 0 Å². The Morgan fingerprint density at radius 1 is 1.40 bits per heavy atom. The lowest BCUT2D eigenvalue weighted by Crippen LogP contribution is -1.91. The molecule has 0 spiro atoms. The van der Waals surface area contributed by atoms with Gasteiger partial charge < -0.3 is 0 Å². The third-order valence-electron chi connectivity index (χ3n) is 2.00. The minimum Gasteiger partial charge on any atom is -0.282 e. The molecule has 0 aliphatic carbocycles. The van der Waals surface area contributed by atoms with E-state index in [1.807, 2.05) is 6.92 Å². The van der Waals surface area contributed by atoms with E-state index in [-0.39, 0.29) is 5.82 Å². The normalized spacial score (nSPS) is 10.6. The van der Waals surface area contributed by atoms with Crippen molar-refractivity contribution in [2.75, 3.05) is 0 Å². The second-order valence-corrected chi connectivity index (χ2v) is 4.65. The second-order valence-electron chi connectivity index (χ2n) is 3.10. The molecule has 0 aliphatic heterocycles. The highest BCUT2D eigenvalue weighted by atomic mass is 127. The molecule has 0 atom stereocenters. The molecular weight excluding hydrogens is 328 g/mol. The molecule has 0 aliphatic rings. The molecule has 1 heterocycles. The maximum Gasteiger partial charge on any atom is 0.213 e. The Morgan fingerprint density at radius 2 is 2.13 bits per heavy atom. The molecule has 1 aromatic heterocycles. The summed E-state index contributed by atoms with van der Waals surface area (Å²) in [6.45, 7) is 1.86. The molecule has 0 radical (unpaired) electrons. The topological polar surface area (TPSA) is 44.5 Å². The smallest absolute Gasteiger partial charge is 0.213 e. The highest BCUT2D eigenvalue weighted by molar-refractivity contribution is 14.1. The first-order chi connectivity index (χ1) is 7.08. The summed E-state index contributed by atoms with van der Waals surface area (Å²) in [6, 6.07) is 3.23. The molecule has 3 nitrogen and oxygen atoms in total. The van der Waals surface area contributed by atoms with Gasteiger partial charge in [-0.15, -0.1) is 0 Å². The lowest BCUT2D eigenvalue weighted by molar-refractivity contribution is 0.628. The summed E-state index contributed by atoms with van der Waals surface area (Å²) in [6.07, 6.45) is 0. The molecule has 15 heavy (non-hydrogen) atoms. The molecule has 1 aromatic carbocycles. The van der Waals surface area contributed by atoms with Crippen LogP contribution in [0.25, 0.3) is 11.4 Å². The largest absolute Gasteiger partial charge is 0.282 e. The van der Waals surface area contributed by atoms with Gasteiger partial charge in [0.2, 0.25) is 4.77 Å². The number of halogens is 2. The van der Waals surface area contributed by atoms with Crippen LogP contribution in [0.4, 0.5) is 4.39 Å². The van der Waals surface area contributed by atoms with Gasteiger partial charge in [0.25, 0.3) is 0 Å². The summed E-state index contributed by atoms with van der Waals surface area (Å²) in [5.41, 5.74) is 1.34. The Morgan fingerprint density at radius 3 is 2.73 bits per heavy atom. The van der Waals surface area contributed by atoms with Crippen LogP contribution in [0, 0.1) is 21.1 Å². The predicted molar refractivity (Wildman–Crippen MR) is 66.6 cm³/mol. The van der Waals surface area contributed by atoms with Gasteiger partial charge in [-0.2, -0.15) is 4.98 Å². The summed E-state index contributed by atoms with van der Waals surface area (Å²) in [7, 11) is 0. The Hall–Kier alpha value is -0.760. The predicted octanol–water partition coefficient (Wildman–Crippen LogP) is 3.19. The van der Waals surface area contributed by atoms with Crippen molar-refractivity contribution in [3.8, 4) is 11.4 Å². The average molecular weight is 335 g/mol. The van der Waals surface area contributed by atoms with Gasteiger partial charge in [0, 0.05) is 3.57 Å². The van der Waals surface area contributed by atoms with Crippen molar-refractivity contribution in [2.45, 2.75) is 6.92 Å². The summed E-state index contributed by atoms with van der Waals surface area (Å²) in [4.78, 5) is 3.97. The molecule has 0 bridgehead atoms. The highest BCUT2D eigenvalue weighted by Crippen LogP contribution is 2.23. The number of rotatable bonds is 1. The second kappa shape index (κ2) is 4.01. The standard InChI is InChI=1S/C9H7FIN3S/c1-4-2-6(10)5(3-7(4)11)8-12-9(15)14-13-8/h2-3H,1H3,(H2,12,13,14,15). The van der Waals surface area contributed by atoms with Crippen molar-refractivity contribution in [2.24, 2.45) is 0 Å². The zero-order valence-corrected chi connectivity index (χ0v) is 10.7. The van der Waals surface area contributed by atoms with Gasteiger partial charge in [-0.25, -0.2) is 4.39 Å². The van der Waals surface area contributed by atoms with Crippen LogP contribution in [-0.4, -0.2) is 15.2 Å². The van der Waals surface area contributed by atoms with E-state index in [1.54, 1.807) is 6.07 Å². The van der Waals surface area contributed by atoms with Gasteiger partial charge in [0.1, 0.15) is 5.82 Å². The Kier molecular flexibility index (Phi) is 2.87. The van der Waals surface area contributed by atoms with Crippen molar-refractivity contribution < 1.29 is 4.39 Å². The van der Waals surface area contributed by atoms with Gasteiger partial charge in [-0.05, 0) is 59.4 Å². The number of aromatic amines is 2. The van der Waals surface area contributed by atoms with Gasteiger partial charge in [-0.3, -0.25) is 10.2 Å². The van der Waals surface area contributed by atoms with Crippen LogP contribution in [0.1, 0.15) is 5.56 Å². The van der Waals surface area contributed by atoms with Gasteiger partial charge in [0.15, 0.2) is 5.82 Å². The SMILES string of the molecule is Cc1cc(F)c(-c2nc(=S)[nH][nH]2)cc1I. The first kappa shape index (κ1) is 10.7. The lowest BCUT2D eigenvalue weighted by Gasteiger charge is -2.03. The van der Waals surface area contributed by atoms with Crippen LogP contribution in [0.5, 0.6) is 0 Å². The Balaban J connectivity index is 2.63. The number of aromatic nitrogens is 3. The van der Waals surface area contributed by atoms with Gasteiger partial charge in [0.05, 0.1) is 5.56 Å². The molecule has 2 rings (SSSR count). The third kappa shape index (κ3) is 2.10. The number of nitrogens with zero attached hydrogens (tertiary/aromatic N) is 1. The zero-order chi connectivity index (χ0) is 11.0. The van der Waals surface area contributed by atoms with Gasteiger partial charge >= 0.3 is 0 Å². The van der Waals surface area contributed by atoms with E-state index in [0.717, 1.165) is 9.13 Å². The summed E-state index contributed by atoms with van der Waals surface area (Å²) < 4.78 is 14.9. The minimum absolute atomic E-state index is 0.300. The monoisotopic (exact) mass is 335 g/mol. The fraction of sp³-hybridized carbons (Fsp3) is 0.111. The van der Waals surface area contributed by atoms with Crippen molar-refractivity contribution in [3.63, 3.8) is 0 Å². The van der Waals surface area contributed by atoms with Crippen molar-refractivity contribution in [1.82, 2.24) is 15.2 Å². The number of aryl methyl sites for hydroxylation is 1. The van der Waals surface area contributed by atoms with E-state index in [0.29, 0.717) is 16.2 Å². The molecule has 6 heteroatoms. The van der Waals surface area contributed by atoms with Crippen LogP contribution in [-0.2, 0) is 0 Å². The van der Waals surface area contributed by atoms with Crippen molar-refractivity contribution in [1.29, 1.82) is 0 Å². The molecule has 0 fully saturated rings. The third-order valence-corrected chi connectivity index (χ3v) is 3.36. The van der Waals surface area contributed by atoms with E-state index in [9.17, 15) is 4.39 Å². The number of benzene rings is 1. The quantitative estimate of drug-likeness (QED) is 0.621. The minimum atomic E-state index is -0.300. The highest BCUT2D eigenvalue weighted by Gasteiger charge is 2.10. The van der Waals surface area contributed by atoms with Crippen molar-refractivity contribution >= 4 is 34.8 Å². The van der Waals surface area contributed by atoms with E-state index < -0.39 is 0 Å². The number of hydrogen-bond acceptors (Lipinski definition) is 2. The Bertz CT molecular complexity index is 561. The van der Waals surface area contributed by atoms with Crippen LogP contribution >= 0.6 is 34.8 Å². The molecule has 0 amide bonds. The summed E-state index contributed by atoms with van der Waals surface area (Å²) >= 11 is 6.97. The van der Waals surface area contributed by atoms with E-state index in [4.69, 9.17) is 12.2 Å². The molecule has 78 valence electrons. The molecule has 2 N–H and O–H groups in total. The number of hydrogen-bond donors (Lipinski definition) is 2. The fourth-order valence-electron chi connectivity index (χ4n) is 1.23. The van der Waals surface area contributed by atoms with Crippen LogP contribution in [0.15, 0.2) is 12.1 Å². The lowest BCUT2D eigenvalue weighted by atomic mass is 10.1. The number of nitrogens with one attached hydrogen (secondary N) is 2. The first-order valence-corrected chi connectivity index (χ1v) is 5.67. The average Bonchev–Trinajstić information content (AvgIpc) is 2.58. The summed E-state index contributed by atoms with van der Waals surface area (Å²) in [5, 5.41) is 5.36. The molecule has 0 unspecified atom stereocenters. The summed E-state index contributed by atoms with van der Waals surface area (Å²) in [5.74, 6) is 0.126. The Labute approximate surface area is 104 Å². The van der Waals surface area contributed by atoms with Gasteiger partial charge in [-0.1, -0.05) is 0 Å². The van der Waals surface area contributed by atoms with Crippen LogP contribution < -0.4 is 0 Å². The van der Waals surface area contributed by atoms with E-state index in [1.165, 1.54) is 6.07 Å². The molecule has 0 saturated heterocycles. The van der Waals surface area contributed by atoms with Crippen molar-refractivity contribution in [3.05, 3.63) is 31.9 Å². The van der Waals surface area contributed by atoms with Crippen LogP contribution in [0.2, 0.25) is 0 Å². The zero-order valence-electron chi connectivity index (χ0n) is 7.77. The maximum atomic E-state index is 13.6. The maximum absolute atomic E-state index is 13.6.